The molecule has 5 heteroatoms. The Hall–Kier alpha value is 0.230. The number of alkyl halides is 2. The molecule has 0 aliphatic heterocycles. The number of carbonyl (C=O) groups excluding carboxylic acids is 1. The fourth-order valence-corrected chi connectivity index (χ4v) is 0.522. The van der Waals surface area contributed by atoms with Crippen molar-refractivity contribution in [1.29, 1.82) is 0 Å². The Morgan fingerprint density at radius 2 is 2.22 bits per heavy atom. The van der Waals surface area contributed by atoms with E-state index in [9.17, 15) is 9.90 Å². The van der Waals surface area contributed by atoms with E-state index in [-0.39, 0.29) is 11.4 Å². The highest BCUT2D eigenvalue weighted by Crippen LogP contribution is 2.03. The zero-order valence-electron chi connectivity index (χ0n) is 4.47. The van der Waals surface area contributed by atoms with Crippen molar-refractivity contribution >= 4 is 38.0 Å². The fourth-order valence-electron chi connectivity index (χ4n) is 0.203. The maximum atomic E-state index is 9.65. The van der Waals surface area contributed by atoms with Crippen molar-refractivity contribution in [2.75, 3.05) is 11.9 Å². The SMILES string of the molecule is [O]C(=O)OCC(Br)CBr. The fraction of sp³-hybridized carbons (Fsp3) is 0.750. The summed E-state index contributed by atoms with van der Waals surface area (Å²) in [6.45, 7) is 0.119. The molecule has 0 aromatic rings. The van der Waals surface area contributed by atoms with Crippen molar-refractivity contribution in [3.63, 3.8) is 0 Å². The maximum absolute atomic E-state index is 9.65. The van der Waals surface area contributed by atoms with Gasteiger partial charge in [-0.3, -0.25) is 0 Å². The van der Waals surface area contributed by atoms with Gasteiger partial charge in [0.1, 0.15) is 6.61 Å². The van der Waals surface area contributed by atoms with Crippen molar-refractivity contribution in [3.8, 4) is 0 Å². The van der Waals surface area contributed by atoms with Gasteiger partial charge in [-0.05, 0) is 0 Å². The lowest BCUT2D eigenvalue weighted by Gasteiger charge is -2.01. The lowest BCUT2D eigenvalue weighted by Crippen LogP contribution is -2.12. The molecule has 0 aliphatic carbocycles. The van der Waals surface area contributed by atoms with Gasteiger partial charge in [0.25, 0.3) is 0 Å². The third kappa shape index (κ3) is 6.11. The minimum absolute atomic E-state index is 0.0235. The average Bonchev–Trinajstić information content (AvgIpc) is 1.83. The molecule has 0 aromatic heterocycles. The summed E-state index contributed by atoms with van der Waals surface area (Å²) in [6, 6.07) is 0. The molecule has 3 nitrogen and oxygen atoms in total. The van der Waals surface area contributed by atoms with Crippen LogP contribution in [-0.4, -0.2) is 22.9 Å². The molecule has 0 aliphatic rings. The molecule has 0 fully saturated rings. The zero-order valence-corrected chi connectivity index (χ0v) is 7.64. The minimum Gasteiger partial charge on any atom is -0.431 e. The standard InChI is InChI=1S/C4H5Br2O3/c5-1-3(6)2-9-4(7)8/h3H,1-2H2. The Morgan fingerprint density at radius 1 is 1.67 bits per heavy atom. The second kappa shape index (κ2) is 5.05. The van der Waals surface area contributed by atoms with E-state index in [2.05, 4.69) is 36.6 Å². The minimum atomic E-state index is -1.49. The van der Waals surface area contributed by atoms with E-state index in [1.165, 1.54) is 0 Å². The lowest BCUT2D eigenvalue weighted by molar-refractivity contribution is 0.0696. The van der Waals surface area contributed by atoms with E-state index >= 15 is 0 Å². The maximum Gasteiger partial charge on any atom is 0.550 e. The molecular weight excluding hydrogens is 256 g/mol. The first kappa shape index (κ1) is 9.23. The molecule has 0 bridgehead atoms. The highest BCUT2D eigenvalue weighted by atomic mass is 79.9. The van der Waals surface area contributed by atoms with Gasteiger partial charge in [-0.15, -0.1) is 0 Å². The van der Waals surface area contributed by atoms with Crippen LogP contribution in [0.3, 0.4) is 0 Å². The van der Waals surface area contributed by atoms with Gasteiger partial charge in [0.2, 0.25) is 0 Å². The molecular formula is C4H5Br2O3. The van der Waals surface area contributed by atoms with E-state index in [0.29, 0.717) is 5.33 Å². The third-order valence-electron chi connectivity index (χ3n) is 0.549. The van der Waals surface area contributed by atoms with Gasteiger partial charge in [0.05, 0.1) is 4.83 Å². The molecule has 0 aromatic carbocycles. The predicted octanol–water partition coefficient (Wildman–Crippen LogP) is 1.71. The summed E-state index contributed by atoms with van der Waals surface area (Å²) in [5.74, 6) is 0. The Labute approximate surface area is 69.6 Å². The molecule has 0 heterocycles. The molecule has 0 amide bonds. The first-order valence-corrected chi connectivity index (χ1v) is 4.24. The lowest BCUT2D eigenvalue weighted by atomic mass is 10.5. The number of ether oxygens (including phenoxy) is 1. The Morgan fingerprint density at radius 3 is 2.56 bits per heavy atom. The summed E-state index contributed by atoms with van der Waals surface area (Å²) in [5, 5.41) is 10.3. The predicted molar refractivity (Wildman–Crippen MR) is 38.5 cm³/mol. The monoisotopic (exact) mass is 259 g/mol. The van der Waals surface area contributed by atoms with E-state index in [4.69, 9.17) is 0 Å². The molecule has 0 saturated heterocycles. The molecule has 0 spiro atoms. The van der Waals surface area contributed by atoms with Crippen LogP contribution in [0.4, 0.5) is 4.79 Å². The first-order chi connectivity index (χ1) is 4.16. The smallest absolute Gasteiger partial charge is 0.431 e. The molecule has 1 atom stereocenters. The summed E-state index contributed by atoms with van der Waals surface area (Å²) >= 11 is 6.27. The number of hydrogen-bond acceptors (Lipinski definition) is 2. The van der Waals surface area contributed by atoms with Gasteiger partial charge in [-0.25, -0.2) is 0 Å². The summed E-state index contributed by atoms with van der Waals surface area (Å²) < 4.78 is 4.12. The summed E-state index contributed by atoms with van der Waals surface area (Å²) in [6.07, 6.45) is -1.49. The van der Waals surface area contributed by atoms with Crippen molar-refractivity contribution < 1.29 is 14.6 Å². The second-order valence-electron chi connectivity index (χ2n) is 1.31. The van der Waals surface area contributed by atoms with Gasteiger partial charge < -0.3 is 4.74 Å². The third-order valence-corrected chi connectivity index (χ3v) is 2.79. The van der Waals surface area contributed by atoms with Crippen LogP contribution >= 0.6 is 31.9 Å². The Bertz CT molecular complexity index is 95.8. The van der Waals surface area contributed by atoms with E-state index in [1.807, 2.05) is 0 Å². The molecule has 0 saturated carbocycles. The van der Waals surface area contributed by atoms with Crippen LogP contribution in [0.2, 0.25) is 0 Å². The molecule has 0 N–H and O–H groups in total. The number of halogens is 2. The number of rotatable bonds is 3. The summed E-state index contributed by atoms with van der Waals surface area (Å²) in [5.41, 5.74) is 0. The first-order valence-electron chi connectivity index (χ1n) is 2.20. The van der Waals surface area contributed by atoms with Crippen LogP contribution in [-0.2, 0) is 9.84 Å². The van der Waals surface area contributed by atoms with Crippen LogP contribution in [0.15, 0.2) is 0 Å². The molecule has 9 heavy (non-hydrogen) atoms. The highest BCUT2D eigenvalue weighted by Gasteiger charge is 2.05. The molecule has 1 unspecified atom stereocenters. The second-order valence-corrected chi connectivity index (χ2v) is 3.26. The Kier molecular flexibility index (Phi) is 5.18. The van der Waals surface area contributed by atoms with Gasteiger partial charge in [0, 0.05) is 5.33 Å². The van der Waals surface area contributed by atoms with Crippen molar-refractivity contribution in [2.24, 2.45) is 0 Å². The van der Waals surface area contributed by atoms with Crippen molar-refractivity contribution in [1.82, 2.24) is 0 Å². The molecule has 0 rings (SSSR count). The largest absolute Gasteiger partial charge is 0.550 e. The Balaban J connectivity index is 3.16. The van der Waals surface area contributed by atoms with E-state index in [1.54, 1.807) is 0 Å². The van der Waals surface area contributed by atoms with E-state index in [0.717, 1.165) is 0 Å². The quantitative estimate of drug-likeness (QED) is 0.573. The van der Waals surface area contributed by atoms with Gasteiger partial charge in [-0.2, -0.15) is 9.90 Å². The van der Waals surface area contributed by atoms with Gasteiger partial charge >= 0.3 is 6.16 Å². The molecule has 53 valence electrons. The van der Waals surface area contributed by atoms with Crippen LogP contribution in [0.25, 0.3) is 0 Å². The summed E-state index contributed by atoms with van der Waals surface area (Å²) in [7, 11) is 0. The molecule has 1 radical (unpaired) electrons. The van der Waals surface area contributed by atoms with Crippen LogP contribution in [0.5, 0.6) is 0 Å². The van der Waals surface area contributed by atoms with Crippen LogP contribution in [0, 0.1) is 0 Å². The topological polar surface area (TPSA) is 46.2 Å². The van der Waals surface area contributed by atoms with Crippen LogP contribution < -0.4 is 0 Å². The van der Waals surface area contributed by atoms with Crippen molar-refractivity contribution in [3.05, 3.63) is 0 Å². The van der Waals surface area contributed by atoms with E-state index < -0.39 is 6.16 Å². The summed E-state index contributed by atoms with van der Waals surface area (Å²) in [4.78, 5) is 9.67. The van der Waals surface area contributed by atoms with Gasteiger partial charge in [0.15, 0.2) is 0 Å². The average molecular weight is 261 g/mol. The number of carbonyl (C=O) groups is 1. The highest BCUT2D eigenvalue weighted by molar-refractivity contribution is 9.12. The number of hydrogen-bond donors (Lipinski definition) is 0. The van der Waals surface area contributed by atoms with Crippen LogP contribution in [0.1, 0.15) is 0 Å². The zero-order chi connectivity index (χ0) is 7.28. The van der Waals surface area contributed by atoms with Gasteiger partial charge in [-0.1, -0.05) is 31.9 Å². The normalized spacial score (nSPS) is 12.7. The van der Waals surface area contributed by atoms with Crippen molar-refractivity contribution in [2.45, 2.75) is 4.83 Å².